The monoisotopic (exact) mass is 316 g/mol. The Balaban J connectivity index is 1.98. The summed E-state index contributed by atoms with van der Waals surface area (Å²) in [4.78, 5) is 0.161. The second kappa shape index (κ2) is 5.45. The van der Waals surface area contributed by atoms with Crippen LogP contribution >= 0.6 is 15.9 Å². The molecule has 0 aromatic rings. The number of rotatable bonds is 1. The molecular formula is C12H17BrF4. The van der Waals surface area contributed by atoms with Crippen molar-refractivity contribution in [2.75, 3.05) is 0 Å². The third-order valence-corrected chi connectivity index (χ3v) is 4.94. The molecule has 2 rings (SSSR count). The van der Waals surface area contributed by atoms with Crippen LogP contribution in [0.15, 0.2) is 0 Å². The summed E-state index contributed by atoms with van der Waals surface area (Å²) in [7, 11) is 0. The molecule has 2 aliphatic carbocycles. The van der Waals surface area contributed by atoms with Gasteiger partial charge in [0.1, 0.15) is 18.5 Å². The van der Waals surface area contributed by atoms with Gasteiger partial charge < -0.3 is 0 Å². The summed E-state index contributed by atoms with van der Waals surface area (Å²) < 4.78 is 53.5. The third kappa shape index (κ3) is 2.96. The third-order valence-electron chi connectivity index (χ3n) is 4.11. The van der Waals surface area contributed by atoms with E-state index in [2.05, 4.69) is 15.9 Å². The highest BCUT2D eigenvalue weighted by molar-refractivity contribution is 9.09. The Morgan fingerprint density at radius 3 is 1.88 bits per heavy atom. The minimum Gasteiger partial charge on any atom is -0.247 e. The van der Waals surface area contributed by atoms with Crippen LogP contribution in [-0.4, -0.2) is 29.5 Å². The Morgan fingerprint density at radius 2 is 1.35 bits per heavy atom. The van der Waals surface area contributed by atoms with Gasteiger partial charge in [-0.1, -0.05) is 15.9 Å². The van der Waals surface area contributed by atoms with Gasteiger partial charge in [-0.25, -0.2) is 17.6 Å². The Kier molecular flexibility index (Phi) is 4.37. The second-order valence-corrected chi connectivity index (χ2v) is 6.59. The van der Waals surface area contributed by atoms with Gasteiger partial charge in [0, 0.05) is 4.83 Å². The van der Waals surface area contributed by atoms with E-state index in [4.69, 9.17) is 0 Å². The molecule has 0 aromatic carbocycles. The van der Waals surface area contributed by atoms with E-state index in [-0.39, 0.29) is 29.5 Å². The van der Waals surface area contributed by atoms with Crippen molar-refractivity contribution in [2.45, 2.75) is 61.6 Å². The van der Waals surface area contributed by atoms with Crippen molar-refractivity contribution in [2.24, 2.45) is 11.8 Å². The fourth-order valence-electron chi connectivity index (χ4n) is 3.13. The van der Waals surface area contributed by atoms with Crippen molar-refractivity contribution in [1.29, 1.82) is 0 Å². The Bertz CT molecular complexity index is 251. The molecule has 0 aliphatic heterocycles. The van der Waals surface area contributed by atoms with E-state index in [9.17, 15) is 17.6 Å². The summed E-state index contributed by atoms with van der Waals surface area (Å²) >= 11 is 3.37. The number of hydrogen-bond donors (Lipinski definition) is 0. The van der Waals surface area contributed by atoms with E-state index in [0.29, 0.717) is 12.8 Å². The van der Waals surface area contributed by atoms with Gasteiger partial charge >= 0.3 is 0 Å². The van der Waals surface area contributed by atoms with Crippen molar-refractivity contribution in [3.8, 4) is 0 Å². The van der Waals surface area contributed by atoms with E-state index < -0.39 is 24.7 Å². The molecule has 0 amide bonds. The van der Waals surface area contributed by atoms with Crippen LogP contribution in [0.4, 0.5) is 17.6 Å². The van der Waals surface area contributed by atoms with Gasteiger partial charge in [0.2, 0.25) is 0 Å². The van der Waals surface area contributed by atoms with Crippen LogP contribution in [0.1, 0.15) is 32.1 Å². The van der Waals surface area contributed by atoms with Crippen LogP contribution in [0.25, 0.3) is 0 Å². The molecule has 0 aromatic heterocycles. The zero-order valence-corrected chi connectivity index (χ0v) is 11.1. The molecule has 2 saturated carbocycles. The molecule has 5 unspecified atom stereocenters. The van der Waals surface area contributed by atoms with Crippen molar-refractivity contribution in [3.05, 3.63) is 0 Å². The SMILES string of the molecule is FC1CC(C2CCC(Br)CC2F)CC(F)C1F. The first-order valence-corrected chi connectivity index (χ1v) is 7.11. The number of hydrogen-bond acceptors (Lipinski definition) is 0. The normalized spacial score (nSPS) is 52.4. The van der Waals surface area contributed by atoms with Crippen LogP contribution < -0.4 is 0 Å². The first kappa shape index (κ1) is 13.6. The van der Waals surface area contributed by atoms with Crippen molar-refractivity contribution >= 4 is 15.9 Å². The lowest BCUT2D eigenvalue weighted by atomic mass is 9.71. The number of halogens is 5. The maximum absolute atomic E-state index is 13.9. The highest BCUT2D eigenvalue weighted by Gasteiger charge is 2.44. The minimum atomic E-state index is -2.02. The molecule has 0 spiro atoms. The molecule has 17 heavy (non-hydrogen) atoms. The van der Waals surface area contributed by atoms with E-state index >= 15 is 0 Å². The van der Waals surface area contributed by atoms with Crippen LogP contribution in [0.5, 0.6) is 0 Å². The van der Waals surface area contributed by atoms with Gasteiger partial charge in [-0.15, -0.1) is 0 Å². The van der Waals surface area contributed by atoms with Gasteiger partial charge in [-0.2, -0.15) is 0 Å². The lowest BCUT2D eigenvalue weighted by molar-refractivity contribution is -0.0171. The van der Waals surface area contributed by atoms with Crippen molar-refractivity contribution < 1.29 is 17.6 Å². The Labute approximate surface area is 107 Å². The molecule has 0 heterocycles. The summed E-state index contributed by atoms with van der Waals surface area (Å²) in [5, 5.41) is 0. The molecule has 0 saturated heterocycles. The minimum absolute atomic E-state index is 0.0281. The maximum Gasteiger partial charge on any atom is 0.162 e. The molecule has 0 nitrogen and oxygen atoms in total. The smallest absolute Gasteiger partial charge is 0.162 e. The first-order chi connectivity index (χ1) is 7.99. The largest absolute Gasteiger partial charge is 0.247 e. The quantitative estimate of drug-likeness (QED) is 0.499. The lowest BCUT2D eigenvalue weighted by Crippen LogP contribution is -2.43. The molecule has 0 radical (unpaired) electrons. The topological polar surface area (TPSA) is 0 Å². The summed E-state index contributed by atoms with van der Waals surface area (Å²) in [6.45, 7) is 0. The summed E-state index contributed by atoms with van der Waals surface area (Å²) in [6.07, 6.45) is -4.76. The molecular weight excluding hydrogens is 300 g/mol. The van der Waals surface area contributed by atoms with Gasteiger partial charge in [0.25, 0.3) is 0 Å². The summed E-state index contributed by atoms with van der Waals surface area (Å²) in [6, 6.07) is 0. The predicted molar refractivity (Wildman–Crippen MR) is 62.4 cm³/mol. The van der Waals surface area contributed by atoms with Crippen molar-refractivity contribution in [1.82, 2.24) is 0 Å². The maximum atomic E-state index is 13.9. The highest BCUT2D eigenvalue weighted by atomic mass is 79.9. The average Bonchev–Trinajstić information content (AvgIpc) is 2.25. The second-order valence-electron chi connectivity index (χ2n) is 5.30. The van der Waals surface area contributed by atoms with Gasteiger partial charge in [-0.05, 0) is 43.9 Å². The summed E-state index contributed by atoms with van der Waals surface area (Å²) in [5.74, 6) is -0.644. The van der Waals surface area contributed by atoms with E-state index in [1.54, 1.807) is 0 Å². The summed E-state index contributed by atoms with van der Waals surface area (Å²) in [5.41, 5.74) is 0. The Hall–Kier alpha value is 0.200. The fourth-order valence-corrected chi connectivity index (χ4v) is 3.75. The zero-order valence-electron chi connectivity index (χ0n) is 9.47. The first-order valence-electron chi connectivity index (χ1n) is 6.19. The predicted octanol–water partition coefficient (Wildman–Crippen LogP) is 4.31. The van der Waals surface area contributed by atoms with Crippen LogP contribution in [0.2, 0.25) is 0 Å². The Morgan fingerprint density at radius 1 is 0.765 bits per heavy atom. The van der Waals surface area contributed by atoms with Gasteiger partial charge in [0.15, 0.2) is 6.17 Å². The molecule has 5 heteroatoms. The van der Waals surface area contributed by atoms with Crippen LogP contribution in [0.3, 0.4) is 0 Å². The standard InChI is InChI=1S/C12H17BrF4/c13-7-1-2-8(9(14)5-7)6-3-10(15)12(17)11(16)4-6/h6-12H,1-5H2. The van der Waals surface area contributed by atoms with Crippen LogP contribution in [0, 0.1) is 11.8 Å². The molecule has 5 atom stereocenters. The molecule has 0 bridgehead atoms. The zero-order chi connectivity index (χ0) is 12.6. The molecule has 100 valence electrons. The number of alkyl halides is 5. The van der Waals surface area contributed by atoms with Crippen LogP contribution in [-0.2, 0) is 0 Å². The average molecular weight is 317 g/mol. The fraction of sp³-hybridized carbons (Fsp3) is 1.00. The van der Waals surface area contributed by atoms with E-state index in [0.717, 1.165) is 6.42 Å². The van der Waals surface area contributed by atoms with Gasteiger partial charge in [-0.3, -0.25) is 0 Å². The van der Waals surface area contributed by atoms with Crippen molar-refractivity contribution in [3.63, 3.8) is 0 Å². The van der Waals surface area contributed by atoms with E-state index in [1.807, 2.05) is 0 Å². The lowest BCUT2D eigenvalue weighted by Gasteiger charge is -2.39. The molecule has 0 N–H and O–H groups in total. The van der Waals surface area contributed by atoms with Gasteiger partial charge in [0.05, 0.1) is 0 Å². The van der Waals surface area contributed by atoms with E-state index in [1.165, 1.54) is 0 Å². The highest BCUT2D eigenvalue weighted by Crippen LogP contribution is 2.43. The molecule has 2 aliphatic rings. The molecule has 2 fully saturated rings.